The van der Waals surface area contributed by atoms with Crippen LogP contribution in [0.2, 0.25) is 0 Å². The lowest BCUT2D eigenvalue weighted by molar-refractivity contribution is -0.158. The minimum Gasteiger partial charge on any atom is -0.377 e. The van der Waals surface area contributed by atoms with Gasteiger partial charge in [-0.25, -0.2) is 0 Å². The van der Waals surface area contributed by atoms with Crippen molar-refractivity contribution in [2.75, 3.05) is 53.6 Å². The summed E-state index contributed by atoms with van der Waals surface area (Å²) in [6, 6.07) is 0. The van der Waals surface area contributed by atoms with E-state index in [0.717, 1.165) is 45.5 Å². The van der Waals surface area contributed by atoms with Gasteiger partial charge in [-0.3, -0.25) is 9.69 Å². The molecule has 0 aromatic heterocycles. The van der Waals surface area contributed by atoms with Crippen LogP contribution in [0.3, 0.4) is 0 Å². The molecule has 0 spiro atoms. The van der Waals surface area contributed by atoms with Gasteiger partial charge in [-0.2, -0.15) is 0 Å². The van der Waals surface area contributed by atoms with E-state index in [1.807, 2.05) is 6.08 Å². The van der Waals surface area contributed by atoms with E-state index in [1.54, 1.807) is 19.0 Å². The van der Waals surface area contributed by atoms with Crippen LogP contribution in [0.25, 0.3) is 0 Å². The van der Waals surface area contributed by atoms with Crippen LogP contribution in [0.4, 0.5) is 0 Å². The number of hydrogen-bond donors (Lipinski definition) is 0. The maximum Gasteiger partial charge on any atom is 0.248 e. The zero-order valence-corrected chi connectivity index (χ0v) is 13.3. The smallest absolute Gasteiger partial charge is 0.248 e. The van der Waals surface area contributed by atoms with E-state index in [2.05, 4.69) is 11.5 Å². The zero-order chi connectivity index (χ0) is 15.3. The van der Waals surface area contributed by atoms with E-state index in [1.165, 1.54) is 0 Å². The summed E-state index contributed by atoms with van der Waals surface area (Å²) in [5.74, 6) is 0.0124. The van der Waals surface area contributed by atoms with Crippen LogP contribution in [0.5, 0.6) is 0 Å². The molecule has 0 aromatic rings. The Balaban J connectivity index is 1.95. The molecule has 2 saturated heterocycles. The molecule has 2 fully saturated rings. The predicted octanol–water partition coefficient (Wildman–Crippen LogP) is 1.15. The van der Waals surface area contributed by atoms with Crippen molar-refractivity contribution in [3.63, 3.8) is 0 Å². The Hall–Kier alpha value is -0.910. The highest BCUT2D eigenvalue weighted by Crippen LogP contribution is 2.40. The molecular weight excluding hydrogens is 268 g/mol. The van der Waals surface area contributed by atoms with Crippen LogP contribution in [0.1, 0.15) is 19.3 Å². The zero-order valence-electron chi connectivity index (χ0n) is 13.3. The van der Waals surface area contributed by atoms with Crippen molar-refractivity contribution in [3.8, 4) is 0 Å². The molecule has 21 heavy (non-hydrogen) atoms. The van der Waals surface area contributed by atoms with Crippen molar-refractivity contribution in [2.24, 2.45) is 5.41 Å². The maximum atomic E-state index is 11.7. The molecule has 120 valence electrons. The Bertz CT molecular complexity index is 373. The summed E-state index contributed by atoms with van der Waals surface area (Å²) in [7, 11) is 3.51. The normalized spacial score (nSPS) is 29.7. The average molecular weight is 296 g/mol. The molecule has 5 heteroatoms. The lowest BCUT2D eigenvalue weighted by Gasteiger charge is -2.50. The molecule has 2 aliphatic heterocycles. The first-order chi connectivity index (χ1) is 10.1. The van der Waals surface area contributed by atoms with Gasteiger partial charge in [0.25, 0.3) is 0 Å². The van der Waals surface area contributed by atoms with E-state index >= 15 is 0 Å². The van der Waals surface area contributed by atoms with Crippen molar-refractivity contribution >= 4 is 5.91 Å². The standard InChI is InChI=1S/C16H28N2O3/c1-4-8-18-9-6-14-16(12-18,7-5-10-21-14)13-20-11-15(19)17(2)3/h4,14H,1,5-13H2,2-3H3/t14-,16+/m1/s1. The van der Waals surface area contributed by atoms with Gasteiger partial charge in [0.1, 0.15) is 6.61 Å². The highest BCUT2D eigenvalue weighted by molar-refractivity contribution is 5.76. The summed E-state index contributed by atoms with van der Waals surface area (Å²) >= 11 is 0. The van der Waals surface area contributed by atoms with Crippen molar-refractivity contribution < 1.29 is 14.3 Å². The molecule has 1 amide bonds. The van der Waals surface area contributed by atoms with Crippen molar-refractivity contribution in [1.29, 1.82) is 0 Å². The number of fused-ring (bicyclic) bond motifs is 1. The van der Waals surface area contributed by atoms with E-state index < -0.39 is 0 Å². The molecule has 2 heterocycles. The molecule has 0 aliphatic carbocycles. The lowest BCUT2D eigenvalue weighted by Crippen LogP contribution is -2.57. The predicted molar refractivity (Wildman–Crippen MR) is 82.2 cm³/mol. The number of carbonyl (C=O) groups excluding carboxylic acids is 1. The first kappa shape index (κ1) is 16.5. The molecule has 0 saturated carbocycles. The third kappa shape index (κ3) is 4.05. The average Bonchev–Trinajstić information content (AvgIpc) is 2.47. The van der Waals surface area contributed by atoms with E-state index in [4.69, 9.17) is 9.47 Å². The summed E-state index contributed by atoms with van der Waals surface area (Å²) in [6.45, 7) is 8.37. The van der Waals surface area contributed by atoms with Gasteiger partial charge in [-0.1, -0.05) is 6.08 Å². The van der Waals surface area contributed by atoms with Gasteiger partial charge in [-0.05, 0) is 19.3 Å². The first-order valence-corrected chi connectivity index (χ1v) is 7.80. The summed E-state index contributed by atoms with van der Waals surface area (Å²) in [6.07, 6.45) is 5.44. The maximum absolute atomic E-state index is 11.7. The first-order valence-electron chi connectivity index (χ1n) is 7.80. The third-order valence-corrected chi connectivity index (χ3v) is 4.57. The molecule has 0 aromatic carbocycles. The molecule has 0 unspecified atom stereocenters. The Kier molecular flexibility index (Phi) is 5.79. The number of rotatable bonds is 6. The van der Waals surface area contributed by atoms with Gasteiger partial charge < -0.3 is 14.4 Å². The number of amides is 1. The number of nitrogens with zero attached hydrogens (tertiary/aromatic N) is 2. The quantitative estimate of drug-likeness (QED) is 0.690. The van der Waals surface area contributed by atoms with Crippen LogP contribution < -0.4 is 0 Å². The van der Waals surface area contributed by atoms with Crippen molar-refractivity contribution in [3.05, 3.63) is 12.7 Å². The van der Waals surface area contributed by atoms with Crippen LogP contribution in [0, 0.1) is 5.41 Å². The van der Waals surface area contributed by atoms with Gasteiger partial charge >= 0.3 is 0 Å². The summed E-state index contributed by atoms with van der Waals surface area (Å²) in [5, 5.41) is 0. The SMILES string of the molecule is C=CCN1CC[C@H]2OCCC[C@@]2(COCC(=O)N(C)C)C1. The molecule has 2 atom stereocenters. The second-order valence-corrected chi connectivity index (χ2v) is 6.42. The van der Waals surface area contributed by atoms with Gasteiger partial charge in [-0.15, -0.1) is 6.58 Å². The lowest BCUT2D eigenvalue weighted by atomic mass is 9.73. The fourth-order valence-electron chi connectivity index (χ4n) is 3.40. The molecular formula is C16H28N2O3. The summed E-state index contributed by atoms with van der Waals surface area (Å²) in [5.41, 5.74) is 0.0338. The summed E-state index contributed by atoms with van der Waals surface area (Å²) < 4.78 is 11.7. The molecule has 0 N–H and O–H groups in total. The Morgan fingerprint density at radius 3 is 3.10 bits per heavy atom. The van der Waals surface area contributed by atoms with Crippen LogP contribution in [0.15, 0.2) is 12.7 Å². The van der Waals surface area contributed by atoms with Crippen molar-refractivity contribution in [1.82, 2.24) is 9.80 Å². The van der Waals surface area contributed by atoms with Gasteiger partial charge in [0.15, 0.2) is 0 Å². The van der Waals surface area contributed by atoms with Gasteiger partial charge in [0.05, 0.1) is 12.7 Å². The van der Waals surface area contributed by atoms with Crippen molar-refractivity contribution in [2.45, 2.75) is 25.4 Å². The summed E-state index contributed by atoms with van der Waals surface area (Å²) in [4.78, 5) is 15.6. The number of piperidine rings is 1. The minimum absolute atomic E-state index is 0.0124. The molecule has 2 aliphatic rings. The van der Waals surface area contributed by atoms with Gasteiger partial charge in [0, 0.05) is 45.8 Å². The fourth-order valence-corrected chi connectivity index (χ4v) is 3.40. The largest absolute Gasteiger partial charge is 0.377 e. The monoisotopic (exact) mass is 296 g/mol. The van der Waals surface area contributed by atoms with E-state index in [9.17, 15) is 4.79 Å². The number of hydrogen-bond acceptors (Lipinski definition) is 4. The number of likely N-dealkylation sites (tertiary alicyclic amines) is 1. The topological polar surface area (TPSA) is 42.0 Å². The Morgan fingerprint density at radius 1 is 1.57 bits per heavy atom. The van der Waals surface area contributed by atoms with E-state index in [-0.39, 0.29) is 24.0 Å². The molecule has 0 radical (unpaired) electrons. The van der Waals surface area contributed by atoms with Crippen LogP contribution >= 0.6 is 0 Å². The van der Waals surface area contributed by atoms with Crippen LogP contribution in [-0.4, -0.2) is 75.4 Å². The Labute approximate surface area is 127 Å². The highest BCUT2D eigenvalue weighted by atomic mass is 16.5. The molecule has 5 nitrogen and oxygen atoms in total. The second kappa shape index (κ2) is 7.38. The minimum atomic E-state index is 0.0124. The number of carbonyl (C=O) groups is 1. The molecule has 0 bridgehead atoms. The second-order valence-electron chi connectivity index (χ2n) is 6.42. The van der Waals surface area contributed by atoms with E-state index in [0.29, 0.717) is 6.61 Å². The molecule has 2 rings (SSSR count). The third-order valence-electron chi connectivity index (χ3n) is 4.57. The van der Waals surface area contributed by atoms with Gasteiger partial charge in [0.2, 0.25) is 5.91 Å². The Morgan fingerprint density at radius 2 is 2.38 bits per heavy atom. The fraction of sp³-hybridized carbons (Fsp3) is 0.812. The van der Waals surface area contributed by atoms with Crippen LogP contribution in [-0.2, 0) is 14.3 Å². The highest BCUT2D eigenvalue weighted by Gasteiger charge is 2.45. The number of ether oxygens (including phenoxy) is 2. The number of likely N-dealkylation sites (N-methyl/N-ethyl adjacent to an activating group) is 1.